The van der Waals surface area contributed by atoms with E-state index in [2.05, 4.69) is 49.0 Å². The Balaban J connectivity index is 2.40. The van der Waals surface area contributed by atoms with Gasteiger partial charge in [0.25, 0.3) is 0 Å². The molecule has 0 bridgehead atoms. The van der Waals surface area contributed by atoms with Crippen LogP contribution in [0.4, 0.5) is 11.5 Å². The number of hydrogen-bond donors (Lipinski definition) is 1. The van der Waals surface area contributed by atoms with Crippen LogP contribution in [-0.4, -0.2) is 24.1 Å². The predicted octanol–water partition coefficient (Wildman–Crippen LogP) is 2.85. The number of pyridine rings is 1. The van der Waals surface area contributed by atoms with Gasteiger partial charge in [0, 0.05) is 25.3 Å². The summed E-state index contributed by atoms with van der Waals surface area (Å²) in [6, 6.07) is 2.81. The molecule has 3 heteroatoms. The Kier molecular flexibility index (Phi) is 3.03. The first kappa shape index (κ1) is 11.2. The van der Waals surface area contributed by atoms with E-state index >= 15 is 0 Å². The minimum Gasteiger partial charge on any atom is -0.367 e. The first-order valence-corrected chi connectivity index (χ1v) is 6.10. The van der Waals surface area contributed by atoms with Crippen molar-refractivity contribution in [2.45, 2.75) is 39.7 Å². The summed E-state index contributed by atoms with van der Waals surface area (Å²) in [6.07, 6.45) is 1.99. The minimum absolute atomic E-state index is 0.532. The van der Waals surface area contributed by atoms with E-state index < -0.39 is 0 Å². The molecule has 0 radical (unpaired) electrons. The molecule has 0 aromatic carbocycles. The molecule has 0 atom stereocenters. The van der Waals surface area contributed by atoms with E-state index in [-0.39, 0.29) is 0 Å². The molecule has 1 aromatic heterocycles. The van der Waals surface area contributed by atoms with Crippen LogP contribution >= 0.6 is 0 Å². The summed E-state index contributed by atoms with van der Waals surface area (Å²) in [6.45, 7) is 10.9. The Morgan fingerprint density at radius 3 is 2.69 bits per heavy atom. The Labute approximate surface area is 97.9 Å². The van der Waals surface area contributed by atoms with Gasteiger partial charge in [-0.3, -0.25) is 0 Å². The lowest BCUT2D eigenvalue weighted by Gasteiger charge is -2.35. The van der Waals surface area contributed by atoms with Gasteiger partial charge in [0.05, 0.1) is 5.69 Å². The first-order valence-electron chi connectivity index (χ1n) is 6.10. The van der Waals surface area contributed by atoms with E-state index in [1.807, 2.05) is 6.20 Å². The van der Waals surface area contributed by atoms with Gasteiger partial charge in [-0.2, -0.15) is 0 Å². The Morgan fingerprint density at radius 1 is 1.31 bits per heavy atom. The van der Waals surface area contributed by atoms with E-state index in [0.717, 1.165) is 18.9 Å². The Bertz CT molecular complexity index is 371. The topological polar surface area (TPSA) is 28.2 Å². The lowest BCUT2D eigenvalue weighted by molar-refractivity contribution is 0.676. The quantitative estimate of drug-likeness (QED) is 0.829. The number of anilines is 2. The molecule has 0 saturated carbocycles. The maximum atomic E-state index is 4.52. The highest BCUT2D eigenvalue weighted by Gasteiger charge is 2.20. The first-order chi connectivity index (χ1) is 7.59. The van der Waals surface area contributed by atoms with Crippen LogP contribution in [0.2, 0.25) is 0 Å². The molecular weight excluding hydrogens is 198 g/mol. The average molecular weight is 219 g/mol. The molecule has 3 nitrogen and oxygen atoms in total. The summed E-state index contributed by atoms with van der Waals surface area (Å²) in [4.78, 5) is 6.94. The molecule has 0 unspecified atom stereocenters. The summed E-state index contributed by atoms with van der Waals surface area (Å²) in [5.74, 6) is 1.57. The van der Waals surface area contributed by atoms with Gasteiger partial charge in [-0.25, -0.2) is 4.98 Å². The number of hydrogen-bond acceptors (Lipinski definition) is 3. The maximum absolute atomic E-state index is 4.52. The molecule has 1 N–H and O–H groups in total. The van der Waals surface area contributed by atoms with E-state index in [9.17, 15) is 0 Å². The molecule has 1 aliphatic heterocycles. The predicted molar refractivity (Wildman–Crippen MR) is 69.3 cm³/mol. The van der Waals surface area contributed by atoms with Gasteiger partial charge >= 0.3 is 0 Å². The summed E-state index contributed by atoms with van der Waals surface area (Å²) in [5.41, 5.74) is 2.57. The van der Waals surface area contributed by atoms with Crippen LogP contribution in [-0.2, 0) is 0 Å². The molecule has 16 heavy (non-hydrogen) atoms. The standard InChI is InChI=1S/C13H21N3/c1-9(2)11-7-12-13(15-8-11)14-5-6-16(12)10(3)4/h7-10H,5-6H2,1-4H3,(H,14,15). The molecule has 1 aromatic rings. The highest BCUT2D eigenvalue weighted by atomic mass is 15.2. The molecule has 0 fully saturated rings. The highest BCUT2D eigenvalue weighted by Crippen LogP contribution is 2.31. The second-order valence-electron chi connectivity index (χ2n) is 5.01. The van der Waals surface area contributed by atoms with Gasteiger partial charge in [0.1, 0.15) is 5.82 Å². The lowest BCUT2D eigenvalue weighted by Crippen LogP contribution is -2.39. The van der Waals surface area contributed by atoms with Crippen LogP contribution in [0.15, 0.2) is 12.3 Å². The van der Waals surface area contributed by atoms with Crippen LogP contribution in [0.3, 0.4) is 0 Å². The summed E-state index contributed by atoms with van der Waals surface area (Å²) in [7, 11) is 0. The molecular formula is C13H21N3. The molecule has 0 spiro atoms. The Hall–Kier alpha value is -1.25. The SMILES string of the molecule is CC(C)c1cnc2c(c1)N(C(C)C)CCN2. The molecule has 0 amide bonds. The second kappa shape index (κ2) is 4.32. The zero-order valence-corrected chi connectivity index (χ0v) is 10.6. The number of aromatic nitrogens is 1. The number of nitrogens with one attached hydrogen (secondary N) is 1. The van der Waals surface area contributed by atoms with E-state index in [0.29, 0.717) is 12.0 Å². The van der Waals surface area contributed by atoms with Crippen molar-refractivity contribution in [3.8, 4) is 0 Å². The molecule has 1 aliphatic rings. The fourth-order valence-electron chi connectivity index (χ4n) is 2.09. The lowest BCUT2D eigenvalue weighted by atomic mass is 10.0. The van der Waals surface area contributed by atoms with Crippen LogP contribution in [0.25, 0.3) is 0 Å². The number of rotatable bonds is 2. The zero-order valence-electron chi connectivity index (χ0n) is 10.6. The third kappa shape index (κ3) is 1.99. The Morgan fingerprint density at radius 2 is 2.06 bits per heavy atom. The van der Waals surface area contributed by atoms with Gasteiger partial charge < -0.3 is 10.2 Å². The summed E-state index contributed by atoms with van der Waals surface area (Å²) < 4.78 is 0. The van der Waals surface area contributed by atoms with Crippen molar-refractivity contribution >= 4 is 11.5 Å². The second-order valence-corrected chi connectivity index (χ2v) is 5.01. The third-order valence-electron chi connectivity index (χ3n) is 3.13. The minimum atomic E-state index is 0.532. The van der Waals surface area contributed by atoms with Gasteiger partial charge in [-0.15, -0.1) is 0 Å². The van der Waals surface area contributed by atoms with E-state index in [1.54, 1.807) is 0 Å². The van der Waals surface area contributed by atoms with Crippen molar-refractivity contribution in [2.75, 3.05) is 23.3 Å². The summed E-state index contributed by atoms with van der Waals surface area (Å²) >= 11 is 0. The molecule has 0 saturated heterocycles. The summed E-state index contributed by atoms with van der Waals surface area (Å²) in [5, 5.41) is 3.36. The van der Waals surface area contributed by atoms with Gasteiger partial charge in [-0.1, -0.05) is 13.8 Å². The molecule has 88 valence electrons. The van der Waals surface area contributed by atoms with Gasteiger partial charge in [-0.05, 0) is 31.4 Å². The molecule has 2 heterocycles. The van der Waals surface area contributed by atoms with E-state index in [1.165, 1.54) is 11.3 Å². The van der Waals surface area contributed by atoms with Crippen molar-refractivity contribution in [3.05, 3.63) is 17.8 Å². The van der Waals surface area contributed by atoms with Crippen molar-refractivity contribution < 1.29 is 0 Å². The van der Waals surface area contributed by atoms with Crippen molar-refractivity contribution in [1.29, 1.82) is 0 Å². The van der Waals surface area contributed by atoms with Crippen molar-refractivity contribution in [1.82, 2.24) is 4.98 Å². The largest absolute Gasteiger partial charge is 0.367 e. The van der Waals surface area contributed by atoms with Gasteiger partial charge in [0.15, 0.2) is 0 Å². The van der Waals surface area contributed by atoms with Crippen molar-refractivity contribution in [3.63, 3.8) is 0 Å². The number of fused-ring (bicyclic) bond motifs is 1. The van der Waals surface area contributed by atoms with Crippen LogP contribution in [0.5, 0.6) is 0 Å². The fraction of sp³-hybridized carbons (Fsp3) is 0.615. The monoisotopic (exact) mass is 219 g/mol. The number of nitrogens with zero attached hydrogens (tertiary/aromatic N) is 2. The van der Waals surface area contributed by atoms with Crippen LogP contribution < -0.4 is 10.2 Å². The third-order valence-corrected chi connectivity index (χ3v) is 3.13. The zero-order chi connectivity index (χ0) is 11.7. The normalized spacial score (nSPS) is 15.2. The van der Waals surface area contributed by atoms with Crippen LogP contribution in [0.1, 0.15) is 39.2 Å². The van der Waals surface area contributed by atoms with E-state index in [4.69, 9.17) is 0 Å². The molecule has 0 aliphatic carbocycles. The van der Waals surface area contributed by atoms with Crippen molar-refractivity contribution in [2.24, 2.45) is 0 Å². The fourth-order valence-corrected chi connectivity index (χ4v) is 2.09. The maximum Gasteiger partial charge on any atom is 0.149 e. The highest BCUT2D eigenvalue weighted by molar-refractivity contribution is 5.69. The smallest absolute Gasteiger partial charge is 0.149 e. The molecule has 2 rings (SSSR count). The average Bonchev–Trinajstić information content (AvgIpc) is 2.27. The van der Waals surface area contributed by atoms with Crippen LogP contribution in [0, 0.1) is 0 Å². The van der Waals surface area contributed by atoms with Gasteiger partial charge in [0.2, 0.25) is 0 Å².